The highest BCUT2D eigenvalue weighted by molar-refractivity contribution is 5.95. The lowest BCUT2D eigenvalue weighted by molar-refractivity contribution is -0.384. The topological polar surface area (TPSA) is 93.5 Å². The number of hydrogen-bond acceptors (Lipinski definition) is 5. The maximum atomic E-state index is 12.3. The van der Waals surface area contributed by atoms with Gasteiger partial charge in [-0.2, -0.15) is 0 Å². The Balaban J connectivity index is 1.55. The van der Waals surface area contributed by atoms with Gasteiger partial charge in [0.15, 0.2) is 0 Å². The first-order valence-corrected chi connectivity index (χ1v) is 8.97. The van der Waals surface area contributed by atoms with Crippen molar-refractivity contribution in [1.82, 2.24) is 5.32 Å². The molecule has 0 aromatic heterocycles. The van der Waals surface area contributed by atoms with Gasteiger partial charge in [-0.15, -0.1) is 0 Å². The Labute approximate surface area is 157 Å². The van der Waals surface area contributed by atoms with Crippen LogP contribution in [0.25, 0.3) is 0 Å². The second kappa shape index (κ2) is 8.07. The number of nitro groups is 1. The maximum absolute atomic E-state index is 12.3. The molecule has 0 atom stereocenters. The van der Waals surface area contributed by atoms with E-state index in [1.165, 1.54) is 6.07 Å². The summed E-state index contributed by atoms with van der Waals surface area (Å²) in [7, 11) is 0. The summed E-state index contributed by atoms with van der Waals surface area (Å²) in [4.78, 5) is 23.1. The summed E-state index contributed by atoms with van der Waals surface area (Å²) in [6, 6.07) is 10.7. The number of anilines is 1. The number of carbonyl (C=O) groups is 1. The van der Waals surface area contributed by atoms with E-state index >= 15 is 0 Å². The summed E-state index contributed by atoms with van der Waals surface area (Å²) in [6.45, 7) is 4.61. The third-order valence-corrected chi connectivity index (χ3v) is 4.37. The molecule has 7 heteroatoms. The number of rotatable bonds is 8. The van der Waals surface area contributed by atoms with Crippen LogP contribution < -0.4 is 15.4 Å². The molecule has 7 nitrogen and oxygen atoms in total. The molecule has 0 aliphatic heterocycles. The van der Waals surface area contributed by atoms with Gasteiger partial charge in [0.1, 0.15) is 18.0 Å². The summed E-state index contributed by atoms with van der Waals surface area (Å²) < 4.78 is 5.68. The second-order valence-corrected chi connectivity index (χ2v) is 6.78. The van der Waals surface area contributed by atoms with Crippen molar-refractivity contribution in [3.8, 4) is 5.75 Å². The molecule has 2 aromatic carbocycles. The zero-order valence-corrected chi connectivity index (χ0v) is 15.5. The standard InChI is InChI=1S/C20H23N3O4/c1-13-3-8-19(14(2)11-13)27-10-9-21-20(24)15-4-7-17(22-16-5-6-16)18(12-15)23(25)26/h3-4,7-8,11-12,16,22H,5-6,9-10H2,1-2H3,(H,21,24). The van der Waals surface area contributed by atoms with Crippen molar-refractivity contribution in [3.05, 3.63) is 63.2 Å². The van der Waals surface area contributed by atoms with E-state index in [4.69, 9.17) is 4.74 Å². The number of ether oxygens (including phenoxy) is 1. The van der Waals surface area contributed by atoms with Gasteiger partial charge in [0.2, 0.25) is 0 Å². The van der Waals surface area contributed by atoms with Crippen LogP contribution in [0.3, 0.4) is 0 Å². The number of nitro benzene ring substituents is 1. The van der Waals surface area contributed by atoms with Crippen molar-refractivity contribution in [3.63, 3.8) is 0 Å². The Morgan fingerprint density at radius 2 is 2.00 bits per heavy atom. The Morgan fingerprint density at radius 1 is 1.22 bits per heavy atom. The zero-order chi connectivity index (χ0) is 19.4. The number of amides is 1. The van der Waals surface area contributed by atoms with Crippen LogP contribution in [0.4, 0.5) is 11.4 Å². The van der Waals surface area contributed by atoms with E-state index in [0.717, 1.165) is 29.7 Å². The van der Waals surface area contributed by atoms with Gasteiger partial charge < -0.3 is 15.4 Å². The normalized spacial score (nSPS) is 13.1. The summed E-state index contributed by atoms with van der Waals surface area (Å²) in [5.41, 5.74) is 2.83. The van der Waals surface area contributed by atoms with Crippen molar-refractivity contribution < 1.29 is 14.5 Å². The van der Waals surface area contributed by atoms with Crippen LogP contribution in [0.5, 0.6) is 5.75 Å². The van der Waals surface area contributed by atoms with Crippen molar-refractivity contribution in [2.75, 3.05) is 18.5 Å². The smallest absolute Gasteiger partial charge is 0.293 e. The minimum atomic E-state index is -0.467. The fourth-order valence-corrected chi connectivity index (χ4v) is 2.78. The first-order chi connectivity index (χ1) is 12.9. The zero-order valence-electron chi connectivity index (χ0n) is 15.5. The van der Waals surface area contributed by atoms with Gasteiger partial charge in [-0.05, 0) is 50.5 Å². The van der Waals surface area contributed by atoms with Crippen LogP contribution >= 0.6 is 0 Å². The van der Waals surface area contributed by atoms with Crippen LogP contribution in [0.2, 0.25) is 0 Å². The summed E-state index contributed by atoms with van der Waals surface area (Å²) in [5, 5.41) is 17.1. The largest absolute Gasteiger partial charge is 0.491 e. The van der Waals surface area contributed by atoms with Crippen LogP contribution in [0.15, 0.2) is 36.4 Å². The molecule has 1 aliphatic carbocycles. The van der Waals surface area contributed by atoms with E-state index in [2.05, 4.69) is 10.6 Å². The van der Waals surface area contributed by atoms with Crippen molar-refractivity contribution >= 4 is 17.3 Å². The van der Waals surface area contributed by atoms with E-state index in [-0.39, 0.29) is 17.2 Å². The molecule has 1 saturated carbocycles. The van der Waals surface area contributed by atoms with Gasteiger partial charge in [0, 0.05) is 17.7 Å². The molecule has 1 aliphatic rings. The molecule has 1 amide bonds. The number of carbonyl (C=O) groups excluding carboxylic acids is 1. The molecule has 3 rings (SSSR count). The molecule has 0 heterocycles. The van der Waals surface area contributed by atoms with Gasteiger partial charge in [0.25, 0.3) is 11.6 Å². The van der Waals surface area contributed by atoms with E-state index < -0.39 is 4.92 Å². The van der Waals surface area contributed by atoms with Crippen LogP contribution in [0, 0.1) is 24.0 Å². The minimum absolute atomic E-state index is 0.0823. The summed E-state index contributed by atoms with van der Waals surface area (Å²) >= 11 is 0. The molecule has 0 saturated heterocycles. The lowest BCUT2D eigenvalue weighted by Gasteiger charge is -2.11. The summed E-state index contributed by atoms with van der Waals surface area (Å²) in [6.07, 6.45) is 2.03. The van der Waals surface area contributed by atoms with Crippen LogP contribution in [0.1, 0.15) is 34.3 Å². The van der Waals surface area contributed by atoms with Gasteiger partial charge in [-0.25, -0.2) is 0 Å². The quantitative estimate of drug-likeness (QED) is 0.421. The van der Waals surface area contributed by atoms with E-state index in [0.29, 0.717) is 24.9 Å². The molecule has 142 valence electrons. The third kappa shape index (κ3) is 4.97. The SMILES string of the molecule is Cc1ccc(OCCNC(=O)c2ccc(NC3CC3)c([N+](=O)[O-])c2)c(C)c1. The Hall–Kier alpha value is -3.09. The highest BCUT2D eigenvalue weighted by Crippen LogP contribution is 2.31. The highest BCUT2D eigenvalue weighted by atomic mass is 16.6. The number of hydrogen-bond donors (Lipinski definition) is 2. The fraction of sp³-hybridized carbons (Fsp3) is 0.350. The molecular formula is C20H23N3O4. The van der Waals surface area contributed by atoms with Crippen molar-refractivity contribution in [1.29, 1.82) is 0 Å². The minimum Gasteiger partial charge on any atom is -0.491 e. The molecule has 0 radical (unpaired) electrons. The van der Waals surface area contributed by atoms with E-state index in [1.807, 2.05) is 32.0 Å². The lowest BCUT2D eigenvalue weighted by atomic mass is 10.1. The molecule has 27 heavy (non-hydrogen) atoms. The number of benzene rings is 2. The van der Waals surface area contributed by atoms with Crippen molar-refractivity contribution in [2.45, 2.75) is 32.7 Å². The van der Waals surface area contributed by atoms with E-state index in [9.17, 15) is 14.9 Å². The second-order valence-electron chi connectivity index (χ2n) is 6.78. The number of aryl methyl sites for hydroxylation is 2. The van der Waals surface area contributed by atoms with Crippen LogP contribution in [-0.4, -0.2) is 30.0 Å². The molecular weight excluding hydrogens is 346 g/mol. The van der Waals surface area contributed by atoms with Gasteiger partial charge in [-0.1, -0.05) is 17.7 Å². The monoisotopic (exact) mass is 369 g/mol. The first-order valence-electron chi connectivity index (χ1n) is 8.97. The Kier molecular flexibility index (Phi) is 5.59. The molecule has 1 fully saturated rings. The maximum Gasteiger partial charge on any atom is 0.293 e. The molecule has 2 N–H and O–H groups in total. The molecule has 0 unspecified atom stereocenters. The Bertz CT molecular complexity index is 862. The van der Waals surface area contributed by atoms with E-state index in [1.54, 1.807) is 12.1 Å². The molecule has 0 spiro atoms. The highest BCUT2D eigenvalue weighted by Gasteiger charge is 2.25. The average molecular weight is 369 g/mol. The average Bonchev–Trinajstić information content (AvgIpc) is 3.44. The lowest BCUT2D eigenvalue weighted by Crippen LogP contribution is -2.28. The summed E-state index contributed by atoms with van der Waals surface area (Å²) in [5.74, 6) is 0.418. The fourth-order valence-electron chi connectivity index (χ4n) is 2.78. The first kappa shape index (κ1) is 18.7. The number of nitrogens with zero attached hydrogens (tertiary/aromatic N) is 1. The third-order valence-electron chi connectivity index (χ3n) is 4.37. The Morgan fingerprint density at radius 3 is 2.67 bits per heavy atom. The predicted octanol–water partition coefficient (Wildman–Crippen LogP) is 3.59. The van der Waals surface area contributed by atoms with Gasteiger partial charge >= 0.3 is 0 Å². The van der Waals surface area contributed by atoms with Gasteiger partial charge in [0.05, 0.1) is 11.5 Å². The van der Waals surface area contributed by atoms with Gasteiger partial charge in [-0.3, -0.25) is 14.9 Å². The molecule has 2 aromatic rings. The van der Waals surface area contributed by atoms with Crippen molar-refractivity contribution in [2.24, 2.45) is 0 Å². The number of nitrogens with one attached hydrogen (secondary N) is 2. The predicted molar refractivity (Wildman–Crippen MR) is 103 cm³/mol. The van der Waals surface area contributed by atoms with Crippen LogP contribution in [-0.2, 0) is 0 Å². The molecule has 0 bridgehead atoms.